The minimum absolute atomic E-state index is 0.186. The zero-order valence-electron chi connectivity index (χ0n) is 17.3. The maximum atomic E-state index is 12.5. The van der Waals surface area contributed by atoms with Crippen molar-refractivity contribution >= 4 is 32.5 Å². The highest BCUT2D eigenvalue weighted by Crippen LogP contribution is 2.24. The molecule has 0 aliphatic rings. The Morgan fingerprint density at radius 2 is 1.73 bits per heavy atom. The molecule has 3 aromatic rings. The van der Waals surface area contributed by atoms with Gasteiger partial charge in [-0.3, -0.25) is 4.79 Å². The number of aromatic nitrogens is 1. The highest BCUT2D eigenvalue weighted by atomic mass is 32.2. The molecular weight excluding hydrogens is 402 g/mol. The Morgan fingerprint density at radius 1 is 1.03 bits per heavy atom. The number of fused-ring (bicyclic) bond motifs is 1. The van der Waals surface area contributed by atoms with Crippen molar-refractivity contribution in [3.63, 3.8) is 0 Å². The molecule has 1 amide bonds. The van der Waals surface area contributed by atoms with Gasteiger partial charge in [-0.25, -0.2) is 13.4 Å². The number of para-hydroxylation sites is 1. The predicted octanol–water partition coefficient (Wildman–Crippen LogP) is 3.59. The fourth-order valence-corrected chi connectivity index (χ4v) is 4.56. The van der Waals surface area contributed by atoms with Crippen LogP contribution in [-0.4, -0.2) is 43.3 Å². The van der Waals surface area contributed by atoms with Crippen LogP contribution in [0.1, 0.15) is 19.5 Å². The van der Waals surface area contributed by atoms with Crippen molar-refractivity contribution in [3.05, 3.63) is 60.3 Å². The first-order valence-electron chi connectivity index (χ1n) is 9.74. The number of rotatable bonds is 8. The SMILES string of the molecule is CCN(CC)S(=O)(=O)c1ccc(NC(=O)COc2cccc3ccc(C)nc23)cc1. The molecule has 0 fully saturated rings. The predicted molar refractivity (Wildman–Crippen MR) is 117 cm³/mol. The van der Waals surface area contributed by atoms with Gasteiger partial charge in [-0.05, 0) is 43.3 Å². The monoisotopic (exact) mass is 427 g/mol. The molecule has 3 rings (SSSR count). The molecule has 0 radical (unpaired) electrons. The van der Waals surface area contributed by atoms with Gasteiger partial charge in [0.05, 0.1) is 4.90 Å². The number of hydrogen-bond acceptors (Lipinski definition) is 5. The van der Waals surface area contributed by atoms with E-state index in [1.54, 1.807) is 32.0 Å². The van der Waals surface area contributed by atoms with Gasteiger partial charge in [-0.2, -0.15) is 4.31 Å². The third kappa shape index (κ3) is 4.77. The number of aryl methyl sites for hydroxylation is 1. The van der Waals surface area contributed by atoms with Crippen molar-refractivity contribution in [2.75, 3.05) is 25.0 Å². The number of pyridine rings is 1. The van der Waals surface area contributed by atoms with Crippen molar-refractivity contribution in [2.24, 2.45) is 0 Å². The molecule has 30 heavy (non-hydrogen) atoms. The molecule has 2 aromatic carbocycles. The Labute approximate surface area is 176 Å². The Morgan fingerprint density at radius 3 is 2.40 bits per heavy atom. The van der Waals surface area contributed by atoms with Gasteiger partial charge in [0.25, 0.3) is 5.91 Å². The number of carbonyl (C=O) groups is 1. The van der Waals surface area contributed by atoms with Gasteiger partial charge < -0.3 is 10.1 Å². The highest BCUT2D eigenvalue weighted by molar-refractivity contribution is 7.89. The van der Waals surface area contributed by atoms with Gasteiger partial charge in [0.2, 0.25) is 10.0 Å². The minimum Gasteiger partial charge on any atom is -0.481 e. The van der Waals surface area contributed by atoms with Crippen LogP contribution in [0.3, 0.4) is 0 Å². The van der Waals surface area contributed by atoms with Crippen molar-refractivity contribution < 1.29 is 17.9 Å². The molecule has 1 aromatic heterocycles. The van der Waals surface area contributed by atoms with Crippen LogP contribution >= 0.6 is 0 Å². The second-order valence-corrected chi connectivity index (χ2v) is 8.67. The third-order valence-electron chi connectivity index (χ3n) is 4.66. The molecule has 0 bridgehead atoms. The molecule has 0 saturated heterocycles. The van der Waals surface area contributed by atoms with E-state index >= 15 is 0 Å². The molecule has 0 unspecified atom stereocenters. The lowest BCUT2D eigenvalue weighted by Gasteiger charge is -2.18. The van der Waals surface area contributed by atoms with Crippen molar-refractivity contribution in [1.29, 1.82) is 0 Å². The van der Waals surface area contributed by atoms with E-state index in [1.165, 1.54) is 16.4 Å². The van der Waals surface area contributed by atoms with E-state index in [0.717, 1.165) is 11.1 Å². The number of anilines is 1. The largest absolute Gasteiger partial charge is 0.481 e. The normalized spacial score (nSPS) is 11.6. The Balaban J connectivity index is 1.65. The van der Waals surface area contributed by atoms with Crippen LogP contribution in [-0.2, 0) is 14.8 Å². The first-order valence-corrected chi connectivity index (χ1v) is 11.2. The molecule has 0 aliphatic heterocycles. The van der Waals surface area contributed by atoms with Gasteiger partial charge in [0.15, 0.2) is 6.61 Å². The second-order valence-electron chi connectivity index (χ2n) is 6.73. The first-order chi connectivity index (χ1) is 14.3. The summed E-state index contributed by atoms with van der Waals surface area (Å²) in [6.07, 6.45) is 0. The highest BCUT2D eigenvalue weighted by Gasteiger charge is 2.21. The molecule has 0 saturated carbocycles. The van der Waals surface area contributed by atoms with Gasteiger partial charge in [-0.1, -0.05) is 32.0 Å². The molecule has 7 nitrogen and oxygen atoms in total. The number of amides is 1. The fourth-order valence-electron chi connectivity index (χ4n) is 3.10. The average molecular weight is 428 g/mol. The first kappa shape index (κ1) is 21.7. The number of carbonyl (C=O) groups excluding carboxylic acids is 1. The summed E-state index contributed by atoms with van der Waals surface area (Å²) in [6, 6.07) is 15.5. The Kier molecular flexibility index (Phi) is 6.69. The summed E-state index contributed by atoms with van der Waals surface area (Å²) in [6.45, 7) is 6.10. The van der Waals surface area contributed by atoms with Crippen LogP contribution in [0.25, 0.3) is 10.9 Å². The smallest absolute Gasteiger partial charge is 0.262 e. The van der Waals surface area contributed by atoms with E-state index < -0.39 is 10.0 Å². The molecule has 0 aliphatic carbocycles. The van der Waals surface area contributed by atoms with E-state index in [2.05, 4.69) is 10.3 Å². The van der Waals surface area contributed by atoms with Gasteiger partial charge in [0, 0.05) is 29.9 Å². The summed E-state index contributed by atoms with van der Waals surface area (Å²) in [5, 5.41) is 3.65. The number of benzene rings is 2. The standard InChI is InChI=1S/C22H25N3O4S/c1-4-25(5-2)30(27,28)19-13-11-18(12-14-19)24-21(26)15-29-20-8-6-7-17-10-9-16(3)23-22(17)20/h6-14H,4-5,15H2,1-3H3,(H,24,26). The maximum Gasteiger partial charge on any atom is 0.262 e. The van der Waals surface area contributed by atoms with Crippen LogP contribution in [0.15, 0.2) is 59.5 Å². The van der Waals surface area contributed by atoms with E-state index in [4.69, 9.17) is 4.74 Å². The Hall–Kier alpha value is -2.97. The molecule has 8 heteroatoms. The lowest BCUT2D eigenvalue weighted by Crippen LogP contribution is -2.30. The summed E-state index contributed by atoms with van der Waals surface area (Å²) in [4.78, 5) is 17.0. The van der Waals surface area contributed by atoms with Crippen molar-refractivity contribution in [3.8, 4) is 5.75 Å². The van der Waals surface area contributed by atoms with Crippen LogP contribution in [0.2, 0.25) is 0 Å². The van der Waals surface area contributed by atoms with Crippen molar-refractivity contribution in [1.82, 2.24) is 9.29 Å². The van der Waals surface area contributed by atoms with Gasteiger partial charge >= 0.3 is 0 Å². The number of nitrogens with one attached hydrogen (secondary N) is 1. The number of ether oxygens (including phenoxy) is 1. The average Bonchev–Trinajstić information content (AvgIpc) is 2.73. The number of nitrogens with zero attached hydrogens (tertiary/aromatic N) is 2. The number of hydrogen-bond donors (Lipinski definition) is 1. The van der Waals surface area contributed by atoms with E-state index in [0.29, 0.717) is 30.0 Å². The maximum absolute atomic E-state index is 12.5. The molecule has 1 N–H and O–H groups in total. The molecule has 158 valence electrons. The van der Waals surface area contributed by atoms with E-state index in [-0.39, 0.29) is 17.4 Å². The van der Waals surface area contributed by atoms with Gasteiger partial charge in [-0.15, -0.1) is 0 Å². The third-order valence-corrected chi connectivity index (χ3v) is 6.73. The van der Waals surface area contributed by atoms with E-state index in [9.17, 15) is 13.2 Å². The summed E-state index contributed by atoms with van der Waals surface area (Å²) in [7, 11) is -3.53. The summed E-state index contributed by atoms with van der Waals surface area (Å²) >= 11 is 0. The fraction of sp³-hybridized carbons (Fsp3) is 0.273. The second kappa shape index (κ2) is 9.23. The van der Waals surface area contributed by atoms with Crippen LogP contribution in [0, 0.1) is 6.92 Å². The molecule has 0 atom stereocenters. The molecule has 0 spiro atoms. The van der Waals surface area contributed by atoms with Crippen LogP contribution < -0.4 is 10.1 Å². The molecule has 1 heterocycles. The summed E-state index contributed by atoms with van der Waals surface area (Å²) in [5.41, 5.74) is 2.06. The quantitative estimate of drug-likeness (QED) is 0.593. The van der Waals surface area contributed by atoms with Crippen LogP contribution in [0.5, 0.6) is 5.75 Å². The lowest BCUT2D eigenvalue weighted by atomic mass is 10.2. The summed E-state index contributed by atoms with van der Waals surface area (Å²) < 4.78 is 32.1. The zero-order chi connectivity index (χ0) is 21.7. The zero-order valence-corrected chi connectivity index (χ0v) is 18.1. The van der Waals surface area contributed by atoms with Gasteiger partial charge in [0.1, 0.15) is 11.3 Å². The minimum atomic E-state index is -3.53. The summed E-state index contributed by atoms with van der Waals surface area (Å²) in [5.74, 6) is 0.186. The Bertz CT molecular complexity index is 1140. The van der Waals surface area contributed by atoms with E-state index in [1.807, 2.05) is 31.2 Å². The van der Waals surface area contributed by atoms with Crippen LogP contribution in [0.4, 0.5) is 5.69 Å². The van der Waals surface area contributed by atoms with Crippen molar-refractivity contribution in [2.45, 2.75) is 25.7 Å². The molecular formula is C22H25N3O4S. The number of sulfonamides is 1. The topological polar surface area (TPSA) is 88.6 Å². The lowest BCUT2D eigenvalue weighted by molar-refractivity contribution is -0.118.